The van der Waals surface area contributed by atoms with Gasteiger partial charge >= 0.3 is 6.03 Å². The third-order valence-electron chi connectivity index (χ3n) is 5.80. The van der Waals surface area contributed by atoms with Gasteiger partial charge in [0.15, 0.2) is 11.6 Å². The fraction of sp³-hybridized carbons (Fsp3) is 0.269. The molecule has 1 aliphatic rings. The van der Waals surface area contributed by atoms with Crippen molar-refractivity contribution in [3.05, 3.63) is 65.6 Å². The highest BCUT2D eigenvalue weighted by Gasteiger charge is 2.36. The van der Waals surface area contributed by atoms with Gasteiger partial charge in [0.2, 0.25) is 0 Å². The van der Waals surface area contributed by atoms with E-state index in [0.717, 1.165) is 23.2 Å². The number of carbonyl (C=O) groups is 1. The molecule has 1 aliphatic heterocycles. The first-order valence-corrected chi connectivity index (χ1v) is 11.7. The first-order valence-electron chi connectivity index (χ1n) is 11.7. The number of benzene rings is 2. The van der Waals surface area contributed by atoms with Crippen molar-refractivity contribution in [1.29, 1.82) is 5.26 Å². The number of aromatic nitrogens is 1. The summed E-state index contributed by atoms with van der Waals surface area (Å²) in [6.45, 7) is 4.53. The van der Waals surface area contributed by atoms with E-state index < -0.39 is 35.3 Å². The van der Waals surface area contributed by atoms with Crippen LogP contribution in [0.1, 0.15) is 19.4 Å². The molecule has 0 spiro atoms. The molecule has 2 amide bonds. The zero-order valence-corrected chi connectivity index (χ0v) is 20.2. The van der Waals surface area contributed by atoms with Crippen LogP contribution >= 0.6 is 0 Å². The van der Waals surface area contributed by atoms with E-state index in [-0.39, 0.29) is 40.4 Å². The quantitative estimate of drug-likeness (QED) is 0.385. The fourth-order valence-electron chi connectivity index (χ4n) is 4.16. The van der Waals surface area contributed by atoms with Gasteiger partial charge in [-0.25, -0.2) is 22.9 Å². The van der Waals surface area contributed by atoms with Crippen LogP contribution in [0.15, 0.2) is 42.6 Å². The SMILES string of the molecule is CCN1C(=O)N(c2c(F)cc(NCCNC[C@H](C)O)cc2F)c2cc(C#N)ccc2-c2cc(F)cnc21. The smallest absolute Gasteiger partial charge is 0.334 e. The van der Waals surface area contributed by atoms with Crippen LogP contribution in [0.4, 0.5) is 40.8 Å². The monoisotopic (exact) mass is 510 g/mol. The standard InChI is InChI=1S/C26H25F3N6O2/c1-3-34-25-20(9-17(27)14-33-25)19-5-4-16(12-30)8-23(19)35(26(34)37)24-21(28)10-18(11-22(24)29)32-7-6-31-13-15(2)36/h4-5,8-11,14-15,31-32,36H,3,6-7,13H2,1-2H3/t15-/m0/s1. The van der Waals surface area contributed by atoms with Crippen molar-refractivity contribution in [3.8, 4) is 17.2 Å². The topological polar surface area (TPSA) is 105 Å². The van der Waals surface area contributed by atoms with E-state index in [1.807, 2.05) is 6.07 Å². The van der Waals surface area contributed by atoms with Gasteiger partial charge in [-0.2, -0.15) is 5.26 Å². The number of halogens is 3. The second-order valence-corrected chi connectivity index (χ2v) is 8.50. The summed E-state index contributed by atoms with van der Waals surface area (Å²) in [5.41, 5.74) is 0.234. The molecule has 8 nitrogen and oxygen atoms in total. The van der Waals surface area contributed by atoms with Gasteiger partial charge in [-0.3, -0.25) is 9.80 Å². The van der Waals surface area contributed by atoms with Crippen LogP contribution in [0.25, 0.3) is 11.1 Å². The molecule has 0 saturated heterocycles. The van der Waals surface area contributed by atoms with Crippen LogP contribution in [0, 0.1) is 28.8 Å². The number of nitriles is 1. The minimum atomic E-state index is -1.01. The molecule has 1 aromatic heterocycles. The van der Waals surface area contributed by atoms with Gasteiger partial charge < -0.3 is 15.7 Å². The molecule has 0 fully saturated rings. The van der Waals surface area contributed by atoms with E-state index in [2.05, 4.69) is 15.6 Å². The molecule has 37 heavy (non-hydrogen) atoms. The Morgan fingerprint density at radius 1 is 1.11 bits per heavy atom. The molecule has 11 heteroatoms. The van der Waals surface area contributed by atoms with Crippen LogP contribution in [-0.4, -0.2) is 48.4 Å². The number of anilines is 4. The van der Waals surface area contributed by atoms with Crippen molar-refractivity contribution in [2.75, 3.05) is 41.3 Å². The van der Waals surface area contributed by atoms with Crippen LogP contribution in [-0.2, 0) is 0 Å². The highest BCUT2D eigenvalue weighted by atomic mass is 19.1. The van der Waals surface area contributed by atoms with Gasteiger partial charge in [-0.1, -0.05) is 6.07 Å². The van der Waals surface area contributed by atoms with Crippen molar-refractivity contribution in [1.82, 2.24) is 10.3 Å². The average Bonchev–Trinajstić information content (AvgIpc) is 2.95. The van der Waals surface area contributed by atoms with E-state index in [4.69, 9.17) is 0 Å². The molecular formula is C26H25F3N6O2. The van der Waals surface area contributed by atoms with Gasteiger partial charge in [-0.15, -0.1) is 0 Å². The van der Waals surface area contributed by atoms with Crippen molar-refractivity contribution >= 4 is 28.9 Å². The molecule has 0 unspecified atom stereocenters. The van der Waals surface area contributed by atoms with E-state index in [1.165, 1.54) is 29.2 Å². The molecule has 0 bridgehead atoms. The summed E-state index contributed by atoms with van der Waals surface area (Å²) in [6, 6.07) is 8.80. The number of fused-ring (bicyclic) bond motifs is 3. The summed E-state index contributed by atoms with van der Waals surface area (Å²) >= 11 is 0. The van der Waals surface area contributed by atoms with Crippen LogP contribution in [0.2, 0.25) is 0 Å². The summed E-state index contributed by atoms with van der Waals surface area (Å²) in [5.74, 6) is -2.54. The van der Waals surface area contributed by atoms with Gasteiger partial charge in [0, 0.05) is 43.0 Å². The Balaban J connectivity index is 1.80. The van der Waals surface area contributed by atoms with E-state index in [9.17, 15) is 19.6 Å². The molecule has 2 aromatic carbocycles. The number of hydrogen-bond donors (Lipinski definition) is 3. The first kappa shape index (κ1) is 25.9. The molecule has 3 aromatic rings. The lowest BCUT2D eigenvalue weighted by molar-refractivity contribution is 0.192. The van der Waals surface area contributed by atoms with Gasteiger partial charge in [-0.05, 0) is 44.2 Å². The molecule has 1 atom stereocenters. The van der Waals surface area contributed by atoms with Crippen LogP contribution < -0.4 is 20.4 Å². The number of aliphatic hydroxyl groups excluding tert-OH is 1. The molecule has 0 radical (unpaired) electrons. The third-order valence-corrected chi connectivity index (χ3v) is 5.80. The number of aliphatic hydroxyl groups is 1. The maximum Gasteiger partial charge on any atom is 0.334 e. The van der Waals surface area contributed by atoms with E-state index >= 15 is 8.78 Å². The second kappa shape index (κ2) is 10.9. The Morgan fingerprint density at radius 2 is 1.84 bits per heavy atom. The summed E-state index contributed by atoms with van der Waals surface area (Å²) in [7, 11) is 0. The number of rotatable bonds is 8. The Kier molecular flexibility index (Phi) is 7.61. The van der Waals surface area contributed by atoms with Crippen molar-refractivity contribution in [2.24, 2.45) is 0 Å². The molecule has 0 saturated carbocycles. The number of urea groups is 1. The van der Waals surface area contributed by atoms with Gasteiger partial charge in [0.25, 0.3) is 0 Å². The summed E-state index contributed by atoms with van der Waals surface area (Å²) in [4.78, 5) is 19.9. The lowest BCUT2D eigenvalue weighted by Gasteiger charge is -2.28. The average molecular weight is 511 g/mol. The van der Waals surface area contributed by atoms with E-state index in [1.54, 1.807) is 13.8 Å². The lowest BCUT2D eigenvalue weighted by Crippen LogP contribution is -2.41. The molecule has 4 rings (SSSR count). The van der Waals surface area contributed by atoms with Crippen molar-refractivity contribution in [3.63, 3.8) is 0 Å². The number of pyridine rings is 1. The number of amides is 2. The number of carbonyl (C=O) groups excluding carboxylic acids is 1. The Labute approximate surface area is 212 Å². The highest BCUT2D eigenvalue weighted by molar-refractivity contribution is 6.14. The molecule has 0 aliphatic carbocycles. The summed E-state index contributed by atoms with van der Waals surface area (Å²) in [5, 5.41) is 24.6. The zero-order valence-electron chi connectivity index (χ0n) is 20.2. The van der Waals surface area contributed by atoms with Crippen LogP contribution in [0.3, 0.4) is 0 Å². The Morgan fingerprint density at radius 3 is 2.49 bits per heavy atom. The van der Waals surface area contributed by atoms with Crippen molar-refractivity contribution in [2.45, 2.75) is 20.0 Å². The molecule has 192 valence electrons. The minimum Gasteiger partial charge on any atom is -0.392 e. The maximum absolute atomic E-state index is 15.5. The largest absolute Gasteiger partial charge is 0.392 e. The van der Waals surface area contributed by atoms with Crippen molar-refractivity contribution < 1.29 is 23.1 Å². The number of nitrogens with zero attached hydrogens (tertiary/aromatic N) is 4. The number of hydrogen-bond acceptors (Lipinski definition) is 6. The Bertz CT molecular complexity index is 1350. The predicted octanol–water partition coefficient (Wildman–Crippen LogP) is 4.52. The predicted molar refractivity (Wildman–Crippen MR) is 134 cm³/mol. The number of nitrogens with one attached hydrogen (secondary N) is 2. The third kappa shape index (κ3) is 5.21. The van der Waals surface area contributed by atoms with Crippen LogP contribution in [0.5, 0.6) is 0 Å². The molecule has 2 heterocycles. The highest BCUT2D eigenvalue weighted by Crippen LogP contribution is 2.45. The Hall–Kier alpha value is -4.14. The normalized spacial score (nSPS) is 13.5. The minimum absolute atomic E-state index is 0.0227. The van der Waals surface area contributed by atoms with E-state index in [0.29, 0.717) is 19.6 Å². The molecular weight excluding hydrogens is 485 g/mol. The summed E-state index contributed by atoms with van der Waals surface area (Å²) < 4.78 is 45.2. The fourth-order valence-corrected chi connectivity index (χ4v) is 4.16. The molecule has 3 N–H and O–H groups in total. The summed E-state index contributed by atoms with van der Waals surface area (Å²) in [6.07, 6.45) is 0.441. The lowest BCUT2D eigenvalue weighted by atomic mass is 10.0. The van der Waals surface area contributed by atoms with Gasteiger partial charge in [0.05, 0.1) is 29.6 Å². The first-order chi connectivity index (χ1) is 17.7. The van der Waals surface area contributed by atoms with Gasteiger partial charge in [0.1, 0.15) is 17.3 Å². The maximum atomic E-state index is 15.5. The second-order valence-electron chi connectivity index (χ2n) is 8.50. The zero-order chi connectivity index (χ0) is 26.7.